The number of halogens is 3. The van der Waals surface area contributed by atoms with Gasteiger partial charge in [0.1, 0.15) is 0 Å². The fraction of sp³-hybridized carbons (Fsp3) is 0.400. The minimum Gasteiger partial charge on any atom is -0.440 e. The van der Waals surface area contributed by atoms with E-state index in [-0.39, 0.29) is 37.6 Å². The second-order valence-electron chi connectivity index (χ2n) is 7.04. The molecule has 0 atom stereocenters. The monoisotopic (exact) mass is 455 g/mol. The lowest BCUT2D eigenvalue weighted by atomic mass is 9.96. The molecule has 0 bridgehead atoms. The first-order valence-electron chi connectivity index (χ1n) is 9.50. The number of alkyl halides is 3. The maximum Gasteiger partial charge on any atom is 0.422 e. The van der Waals surface area contributed by atoms with E-state index in [1.807, 2.05) is 30.3 Å². The molecule has 31 heavy (non-hydrogen) atoms. The van der Waals surface area contributed by atoms with Gasteiger partial charge in [-0.2, -0.15) is 13.2 Å². The Kier molecular flexibility index (Phi) is 6.94. The van der Waals surface area contributed by atoms with Gasteiger partial charge in [0.05, 0.1) is 10.6 Å². The minimum absolute atomic E-state index is 0.112. The number of hydrogen-bond acceptors (Lipinski definition) is 6. The van der Waals surface area contributed by atoms with E-state index in [0.717, 1.165) is 21.8 Å². The average Bonchev–Trinajstić information content (AvgIpc) is 3.16. The smallest absolute Gasteiger partial charge is 0.422 e. The van der Waals surface area contributed by atoms with Gasteiger partial charge < -0.3 is 15.0 Å². The van der Waals surface area contributed by atoms with Crippen molar-refractivity contribution in [3.63, 3.8) is 0 Å². The number of thiazole rings is 1. The summed E-state index contributed by atoms with van der Waals surface area (Å²) in [6.45, 7) is 0.0128. The van der Waals surface area contributed by atoms with Gasteiger partial charge in [0.2, 0.25) is 5.91 Å². The number of Topliss-reactive ketones (excluding diaryl/α,β-unsaturated/α-hetero) is 1. The van der Waals surface area contributed by atoms with Crippen molar-refractivity contribution in [2.24, 2.45) is 5.92 Å². The SMILES string of the molecule is CC(=O)c1sc(NC(=O)C2CCN(C(=O)OCC(F)(F)F)CC2)nc1-c1ccccc1. The third kappa shape index (κ3) is 6.03. The summed E-state index contributed by atoms with van der Waals surface area (Å²) in [7, 11) is 0. The van der Waals surface area contributed by atoms with Gasteiger partial charge in [-0.3, -0.25) is 9.59 Å². The molecule has 1 aliphatic rings. The van der Waals surface area contributed by atoms with Gasteiger partial charge in [0.15, 0.2) is 17.5 Å². The first-order valence-corrected chi connectivity index (χ1v) is 10.3. The molecule has 1 aromatic carbocycles. The third-order valence-corrected chi connectivity index (χ3v) is 5.78. The highest BCUT2D eigenvalue weighted by Gasteiger charge is 2.33. The van der Waals surface area contributed by atoms with Gasteiger partial charge >= 0.3 is 12.3 Å². The molecule has 1 saturated heterocycles. The van der Waals surface area contributed by atoms with Gasteiger partial charge in [-0.25, -0.2) is 9.78 Å². The highest BCUT2D eigenvalue weighted by molar-refractivity contribution is 7.18. The van der Waals surface area contributed by atoms with Gasteiger partial charge in [-0.05, 0) is 12.8 Å². The van der Waals surface area contributed by atoms with Crippen LogP contribution < -0.4 is 5.32 Å². The van der Waals surface area contributed by atoms with E-state index < -0.39 is 24.8 Å². The molecule has 1 aromatic heterocycles. The highest BCUT2D eigenvalue weighted by Crippen LogP contribution is 2.32. The molecule has 1 N–H and O–H groups in total. The van der Waals surface area contributed by atoms with E-state index in [1.54, 1.807) is 0 Å². The quantitative estimate of drug-likeness (QED) is 0.677. The Bertz CT molecular complexity index is 954. The molecule has 2 amide bonds. The van der Waals surface area contributed by atoms with E-state index in [2.05, 4.69) is 15.0 Å². The molecule has 166 valence electrons. The number of piperidine rings is 1. The minimum atomic E-state index is -4.58. The predicted octanol–water partition coefficient (Wildman–Crippen LogP) is 4.36. The average molecular weight is 455 g/mol. The Morgan fingerprint density at radius 3 is 2.42 bits per heavy atom. The summed E-state index contributed by atoms with van der Waals surface area (Å²) < 4.78 is 40.8. The summed E-state index contributed by atoms with van der Waals surface area (Å²) in [6.07, 6.45) is -5.07. The van der Waals surface area contributed by atoms with Crippen molar-refractivity contribution >= 4 is 34.3 Å². The lowest BCUT2D eigenvalue weighted by Crippen LogP contribution is -2.42. The summed E-state index contributed by atoms with van der Waals surface area (Å²) >= 11 is 1.09. The van der Waals surface area contributed by atoms with Gasteiger partial charge in [0.25, 0.3) is 0 Å². The molecule has 0 radical (unpaired) electrons. The van der Waals surface area contributed by atoms with Crippen molar-refractivity contribution < 1.29 is 32.3 Å². The number of anilines is 1. The van der Waals surface area contributed by atoms with Crippen LogP contribution in [0.1, 0.15) is 29.4 Å². The number of carbonyl (C=O) groups is 3. The number of ether oxygens (including phenoxy) is 1. The van der Waals surface area contributed by atoms with Crippen LogP contribution in [0.2, 0.25) is 0 Å². The molecule has 1 aliphatic heterocycles. The highest BCUT2D eigenvalue weighted by atomic mass is 32.1. The van der Waals surface area contributed by atoms with E-state index in [1.165, 1.54) is 6.92 Å². The summed E-state index contributed by atoms with van der Waals surface area (Å²) in [6, 6.07) is 9.13. The van der Waals surface area contributed by atoms with Crippen molar-refractivity contribution in [3.8, 4) is 11.3 Å². The topological polar surface area (TPSA) is 88.6 Å². The number of hydrogen-bond donors (Lipinski definition) is 1. The number of likely N-dealkylation sites (tertiary alicyclic amines) is 1. The fourth-order valence-corrected chi connectivity index (χ4v) is 4.06. The molecular weight excluding hydrogens is 435 g/mol. The summed E-state index contributed by atoms with van der Waals surface area (Å²) in [5.74, 6) is -0.911. The van der Waals surface area contributed by atoms with Crippen LogP contribution >= 0.6 is 11.3 Å². The number of rotatable bonds is 5. The van der Waals surface area contributed by atoms with Crippen molar-refractivity contribution in [2.45, 2.75) is 25.9 Å². The molecule has 1 fully saturated rings. The van der Waals surface area contributed by atoms with Crippen molar-refractivity contribution in [1.29, 1.82) is 0 Å². The second kappa shape index (κ2) is 9.46. The van der Waals surface area contributed by atoms with Crippen LogP contribution in [0.15, 0.2) is 30.3 Å². The van der Waals surface area contributed by atoms with Crippen molar-refractivity contribution in [2.75, 3.05) is 25.0 Å². The number of nitrogens with zero attached hydrogens (tertiary/aromatic N) is 2. The molecule has 7 nitrogen and oxygen atoms in total. The number of aromatic nitrogens is 1. The van der Waals surface area contributed by atoms with Crippen LogP contribution in [-0.4, -0.2) is 53.5 Å². The molecule has 11 heteroatoms. The normalized spacial score (nSPS) is 14.9. The fourth-order valence-electron chi connectivity index (χ4n) is 3.17. The Morgan fingerprint density at radius 2 is 1.84 bits per heavy atom. The van der Waals surface area contributed by atoms with E-state index in [9.17, 15) is 27.6 Å². The van der Waals surface area contributed by atoms with Crippen LogP contribution in [0.4, 0.5) is 23.1 Å². The Labute approximate surface area is 180 Å². The van der Waals surface area contributed by atoms with Gasteiger partial charge in [-0.15, -0.1) is 0 Å². The van der Waals surface area contributed by atoms with Crippen molar-refractivity contribution in [3.05, 3.63) is 35.2 Å². The second-order valence-corrected chi connectivity index (χ2v) is 8.04. The zero-order valence-electron chi connectivity index (χ0n) is 16.6. The molecular formula is C20H20F3N3O4S. The van der Waals surface area contributed by atoms with Crippen LogP contribution in [-0.2, 0) is 9.53 Å². The Morgan fingerprint density at radius 1 is 1.19 bits per heavy atom. The van der Waals surface area contributed by atoms with Crippen molar-refractivity contribution in [1.82, 2.24) is 9.88 Å². The first-order chi connectivity index (χ1) is 14.6. The van der Waals surface area contributed by atoms with E-state index in [0.29, 0.717) is 15.7 Å². The molecule has 0 unspecified atom stereocenters. The molecule has 3 rings (SSSR count). The zero-order valence-corrected chi connectivity index (χ0v) is 17.4. The van der Waals surface area contributed by atoms with Crippen LogP contribution in [0.5, 0.6) is 0 Å². The molecule has 2 aromatic rings. The summed E-state index contributed by atoms with van der Waals surface area (Å²) in [5.41, 5.74) is 1.26. The summed E-state index contributed by atoms with van der Waals surface area (Å²) in [5, 5.41) is 3.01. The van der Waals surface area contributed by atoms with Gasteiger partial charge in [0, 0.05) is 31.5 Å². The lowest BCUT2D eigenvalue weighted by Gasteiger charge is -2.30. The zero-order chi connectivity index (χ0) is 22.6. The molecule has 0 spiro atoms. The van der Waals surface area contributed by atoms with Crippen LogP contribution in [0.25, 0.3) is 11.3 Å². The third-order valence-electron chi connectivity index (χ3n) is 4.71. The van der Waals surface area contributed by atoms with E-state index >= 15 is 0 Å². The van der Waals surface area contributed by atoms with Crippen LogP contribution in [0, 0.1) is 5.92 Å². The van der Waals surface area contributed by atoms with E-state index in [4.69, 9.17) is 0 Å². The number of benzene rings is 1. The number of carbonyl (C=O) groups excluding carboxylic acids is 3. The summed E-state index contributed by atoms with van der Waals surface area (Å²) in [4.78, 5) is 42.3. The number of amides is 2. The molecule has 2 heterocycles. The maximum atomic E-state index is 12.6. The van der Waals surface area contributed by atoms with Gasteiger partial charge in [-0.1, -0.05) is 41.7 Å². The first kappa shape index (κ1) is 22.7. The number of nitrogens with one attached hydrogen (secondary N) is 1. The Hall–Kier alpha value is -2.95. The predicted molar refractivity (Wildman–Crippen MR) is 108 cm³/mol. The molecule has 0 saturated carbocycles. The number of ketones is 1. The molecule has 0 aliphatic carbocycles. The lowest BCUT2D eigenvalue weighted by molar-refractivity contribution is -0.162. The van der Waals surface area contributed by atoms with Crippen LogP contribution in [0.3, 0.4) is 0 Å². The largest absolute Gasteiger partial charge is 0.440 e. The standard InChI is InChI=1S/C20H20F3N3O4S/c1-12(27)16-15(13-5-3-2-4-6-13)24-18(31-16)25-17(28)14-7-9-26(10-8-14)19(29)30-11-20(21,22)23/h2-6,14H,7-11H2,1H3,(H,24,25,28). The maximum absolute atomic E-state index is 12.6. The Balaban J connectivity index is 1.59.